The Balaban J connectivity index is 1.37. The molecule has 1 amide bonds. The number of hydrogen-bond acceptors (Lipinski definition) is 6. The lowest BCUT2D eigenvalue weighted by molar-refractivity contribution is 0.0991. The fraction of sp³-hybridized carbons (Fsp3) is 0.258. The first-order valence-electron chi connectivity index (χ1n) is 12.6. The van der Waals surface area contributed by atoms with Gasteiger partial charge in [0.2, 0.25) is 0 Å². The molecule has 1 atom stereocenters. The SMILES string of the molecule is COc1cc(OC)c(NC(=O)c2ccc(Oc3cc4c(cc3C)CCCC4c3ccccc3)o2)c(OC)c1. The minimum atomic E-state index is -0.465. The average molecular weight is 514 g/mol. The molecule has 196 valence electrons. The summed E-state index contributed by atoms with van der Waals surface area (Å²) < 4.78 is 28.0. The first-order chi connectivity index (χ1) is 18.5. The van der Waals surface area contributed by atoms with Gasteiger partial charge in [-0.25, -0.2) is 0 Å². The molecule has 1 unspecified atom stereocenters. The number of benzene rings is 3. The summed E-state index contributed by atoms with van der Waals surface area (Å²) in [6.45, 7) is 2.03. The molecule has 0 aliphatic heterocycles. The minimum Gasteiger partial charge on any atom is -0.496 e. The molecule has 0 spiro atoms. The van der Waals surface area contributed by atoms with Crippen LogP contribution in [0.1, 0.15) is 51.6 Å². The summed E-state index contributed by atoms with van der Waals surface area (Å²) in [7, 11) is 4.56. The maximum atomic E-state index is 13.0. The normalized spacial score (nSPS) is 14.4. The molecule has 4 aromatic rings. The molecule has 1 aromatic heterocycles. The maximum Gasteiger partial charge on any atom is 0.291 e. The van der Waals surface area contributed by atoms with Crippen molar-refractivity contribution in [1.82, 2.24) is 0 Å². The highest BCUT2D eigenvalue weighted by molar-refractivity contribution is 6.04. The number of amides is 1. The fourth-order valence-corrected chi connectivity index (χ4v) is 5.01. The van der Waals surface area contributed by atoms with Crippen LogP contribution in [0.3, 0.4) is 0 Å². The average Bonchev–Trinajstić information content (AvgIpc) is 3.42. The molecule has 5 rings (SSSR count). The summed E-state index contributed by atoms with van der Waals surface area (Å²) >= 11 is 0. The molecule has 0 saturated heterocycles. The van der Waals surface area contributed by atoms with Crippen molar-refractivity contribution in [2.24, 2.45) is 0 Å². The van der Waals surface area contributed by atoms with Crippen LogP contribution in [-0.4, -0.2) is 27.2 Å². The Morgan fingerprint density at radius 2 is 1.63 bits per heavy atom. The van der Waals surface area contributed by atoms with E-state index in [1.165, 1.54) is 30.9 Å². The van der Waals surface area contributed by atoms with Crippen LogP contribution >= 0.6 is 0 Å². The number of carbonyl (C=O) groups is 1. The first kappa shape index (κ1) is 25.3. The van der Waals surface area contributed by atoms with Crippen LogP contribution < -0.4 is 24.3 Å². The second-order valence-corrected chi connectivity index (χ2v) is 9.25. The summed E-state index contributed by atoms with van der Waals surface area (Å²) in [5.74, 6) is 2.25. The van der Waals surface area contributed by atoms with Gasteiger partial charge in [0.15, 0.2) is 5.76 Å². The quantitative estimate of drug-likeness (QED) is 0.270. The van der Waals surface area contributed by atoms with Crippen molar-refractivity contribution >= 4 is 11.6 Å². The molecule has 3 aromatic carbocycles. The highest BCUT2D eigenvalue weighted by atomic mass is 16.6. The van der Waals surface area contributed by atoms with Crippen molar-refractivity contribution in [3.8, 4) is 28.9 Å². The van der Waals surface area contributed by atoms with E-state index in [4.69, 9.17) is 23.4 Å². The van der Waals surface area contributed by atoms with Crippen LogP contribution in [0.25, 0.3) is 0 Å². The van der Waals surface area contributed by atoms with Crippen LogP contribution in [0.2, 0.25) is 0 Å². The smallest absolute Gasteiger partial charge is 0.291 e. The lowest BCUT2D eigenvalue weighted by Gasteiger charge is -2.27. The Labute approximate surface area is 222 Å². The Morgan fingerprint density at radius 1 is 0.895 bits per heavy atom. The van der Waals surface area contributed by atoms with Crippen LogP contribution in [0, 0.1) is 6.92 Å². The second-order valence-electron chi connectivity index (χ2n) is 9.25. The van der Waals surface area contributed by atoms with Gasteiger partial charge in [0.25, 0.3) is 11.9 Å². The van der Waals surface area contributed by atoms with Crippen LogP contribution in [0.4, 0.5) is 5.69 Å². The number of fused-ring (bicyclic) bond motifs is 1. The standard InChI is InChI=1S/C31H31NO6/c1-19-15-21-11-8-12-23(20-9-6-5-7-10-20)24(21)18-26(19)38-29-14-13-25(37-29)31(33)32-30-27(35-3)16-22(34-2)17-28(30)36-4/h5-7,9-10,13-18,23H,8,11-12H2,1-4H3,(H,32,33). The van der Waals surface area contributed by atoms with Gasteiger partial charge in [0.1, 0.15) is 28.7 Å². The number of ether oxygens (including phenoxy) is 4. The number of hydrogen-bond donors (Lipinski definition) is 1. The highest BCUT2D eigenvalue weighted by Gasteiger charge is 2.24. The summed E-state index contributed by atoms with van der Waals surface area (Å²) in [6.07, 6.45) is 3.32. The van der Waals surface area contributed by atoms with Crippen LogP contribution in [-0.2, 0) is 6.42 Å². The lowest BCUT2D eigenvalue weighted by Crippen LogP contribution is -2.13. The van der Waals surface area contributed by atoms with Crippen LogP contribution in [0.15, 0.2) is 71.1 Å². The van der Waals surface area contributed by atoms with Gasteiger partial charge in [0.05, 0.1) is 21.3 Å². The molecule has 7 nitrogen and oxygen atoms in total. The highest BCUT2D eigenvalue weighted by Crippen LogP contribution is 2.41. The molecule has 1 aliphatic carbocycles. The Bertz CT molecular complexity index is 1420. The molecule has 1 heterocycles. The van der Waals surface area contributed by atoms with Gasteiger partial charge in [-0.05, 0) is 60.6 Å². The molecule has 1 N–H and O–H groups in total. The zero-order valence-electron chi connectivity index (χ0n) is 22.0. The molecule has 7 heteroatoms. The zero-order valence-corrected chi connectivity index (χ0v) is 22.0. The van der Waals surface area contributed by atoms with Crippen molar-refractivity contribution in [2.45, 2.75) is 32.1 Å². The molecule has 0 bridgehead atoms. The number of aryl methyl sites for hydroxylation is 2. The van der Waals surface area contributed by atoms with E-state index in [2.05, 4.69) is 41.7 Å². The van der Waals surface area contributed by atoms with Gasteiger partial charge in [-0.15, -0.1) is 0 Å². The molecule has 38 heavy (non-hydrogen) atoms. The van der Waals surface area contributed by atoms with Gasteiger partial charge in [-0.3, -0.25) is 4.79 Å². The predicted molar refractivity (Wildman–Crippen MR) is 145 cm³/mol. The van der Waals surface area contributed by atoms with Crippen molar-refractivity contribution in [2.75, 3.05) is 26.6 Å². The van der Waals surface area contributed by atoms with Crippen molar-refractivity contribution in [3.05, 3.63) is 94.7 Å². The largest absolute Gasteiger partial charge is 0.496 e. The van der Waals surface area contributed by atoms with Crippen molar-refractivity contribution in [3.63, 3.8) is 0 Å². The molecular formula is C31H31NO6. The van der Waals surface area contributed by atoms with E-state index in [0.717, 1.165) is 24.8 Å². The number of anilines is 1. The Hall–Kier alpha value is -4.39. The second kappa shape index (κ2) is 10.9. The lowest BCUT2D eigenvalue weighted by atomic mass is 9.78. The zero-order chi connectivity index (χ0) is 26.6. The summed E-state index contributed by atoms with van der Waals surface area (Å²) in [6, 6.07) is 21.5. The van der Waals surface area contributed by atoms with Gasteiger partial charge in [-0.1, -0.05) is 36.4 Å². The number of nitrogens with one attached hydrogen (secondary N) is 1. The maximum absolute atomic E-state index is 13.0. The third-order valence-electron chi connectivity index (χ3n) is 6.92. The van der Waals surface area contributed by atoms with Crippen molar-refractivity contribution in [1.29, 1.82) is 0 Å². The first-order valence-corrected chi connectivity index (χ1v) is 12.6. The summed E-state index contributed by atoms with van der Waals surface area (Å²) in [5.41, 5.74) is 5.34. The fourth-order valence-electron chi connectivity index (χ4n) is 5.01. The summed E-state index contributed by atoms with van der Waals surface area (Å²) in [5, 5.41) is 2.81. The van der Waals surface area contributed by atoms with E-state index in [0.29, 0.717) is 34.6 Å². The third-order valence-corrected chi connectivity index (χ3v) is 6.92. The molecular weight excluding hydrogens is 482 g/mol. The van der Waals surface area contributed by atoms with E-state index in [1.54, 1.807) is 31.4 Å². The molecule has 0 fully saturated rings. The van der Waals surface area contributed by atoms with Gasteiger partial charge in [-0.2, -0.15) is 0 Å². The van der Waals surface area contributed by atoms with Gasteiger partial charge in [0, 0.05) is 24.1 Å². The van der Waals surface area contributed by atoms with E-state index in [1.807, 2.05) is 13.0 Å². The molecule has 0 saturated carbocycles. The van der Waals surface area contributed by atoms with Crippen LogP contribution in [0.5, 0.6) is 28.9 Å². The number of rotatable bonds is 8. The van der Waals surface area contributed by atoms with E-state index in [9.17, 15) is 4.79 Å². The number of carbonyl (C=O) groups excluding carboxylic acids is 1. The molecule has 1 aliphatic rings. The minimum absolute atomic E-state index is 0.0951. The van der Waals surface area contributed by atoms with Gasteiger partial charge >= 0.3 is 0 Å². The monoisotopic (exact) mass is 513 g/mol. The topological polar surface area (TPSA) is 79.2 Å². The van der Waals surface area contributed by atoms with E-state index < -0.39 is 5.91 Å². The van der Waals surface area contributed by atoms with Crippen molar-refractivity contribution < 1.29 is 28.2 Å². The van der Waals surface area contributed by atoms with Gasteiger partial charge < -0.3 is 28.7 Å². The van der Waals surface area contributed by atoms with E-state index in [-0.39, 0.29) is 11.7 Å². The molecule has 0 radical (unpaired) electrons. The third kappa shape index (κ3) is 5.05. The Morgan fingerprint density at radius 3 is 2.32 bits per heavy atom. The predicted octanol–water partition coefficient (Wildman–Crippen LogP) is 7.13. The van der Waals surface area contributed by atoms with E-state index >= 15 is 0 Å². The number of furan rings is 1. The number of methoxy groups -OCH3 is 3. The Kier molecular flexibility index (Phi) is 7.26. The summed E-state index contributed by atoms with van der Waals surface area (Å²) in [4.78, 5) is 13.0.